The van der Waals surface area contributed by atoms with Crippen LogP contribution < -0.4 is 10.6 Å². The van der Waals surface area contributed by atoms with Crippen LogP contribution in [0.5, 0.6) is 0 Å². The number of hydrogen-bond acceptors (Lipinski definition) is 4. The summed E-state index contributed by atoms with van der Waals surface area (Å²) in [6.07, 6.45) is 3.40. The van der Waals surface area contributed by atoms with Gasteiger partial charge in [-0.25, -0.2) is 4.79 Å². The number of nitrogens with zero attached hydrogens (tertiary/aromatic N) is 1. The van der Waals surface area contributed by atoms with Crippen molar-refractivity contribution in [1.29, 1.82) is 0 Å². The Balaban J connectivity index is 1.87. The predicted molar refractivity (Wildman–Crippen MR) is 95.2 cm³/mol. The molecule has 0 aliphatic carbocycles. The molecule has 0 bridgehead atoms. The van der Waals surface area contributed by atoms with Gasteiger partial charge >= 0.3 is 12.0 Å². The summed E-state index contributed by atoms with van der Waals surface area (Å²) in [6, 6.07) is 10.9. The summed E-state index contributed by atoms with van der Waals surface area (Å²) in [5, 5.41) is 6.18. The molecular formula is C18H18N4O3. The Morgan fingerprint density at radius 3 is 2.80 bits per heavy atom. The van der Waals surface area contributed by atoms with E-state index in [9.17, 15) is 9.59 Å². The monoisotopic (exact) mass is 338 g/mol. The molecule has 2 heterocycles. The first-order valence-corrected chi connectivity index (χ1v) is 7.90. The van der Waals surface area contributed by atoms with E-state index >= 15 is 0 Å². The van der Waals surface area contributed by atoms with E-state index in [1.54, 1.807) is 19.3 Å². The molecule has 7 nitrogen and oxygen atoms in total. The van der Waals surface area contributed by atoms with Gasteiger partial charge in [-0.15, -0.1) is 0 Å². The van der Waals surface area contributed by atoms with Crippen LogP contribution in [0.4, 0.5) is 10.5 Å². The van der Waals surface area contributed by atoms with Crippen LogP contribution in [0.3, 0.4) is 0 Å². The molecule has 0 radical (unpaired) electrons. The Morgan fingerprint density at radius 2 is 2.04 bits per heavy atom. The molecule has 0 spiro atoms. The van der Waals surface area contributed by atoms with Gasteiger partial charge in [0, 0.05) is 28.9 Å². The van der Waals surface area contributed by atoms with Gasteiger partial charge in [-0.1, -0.05) is 18.2 Å². The van der Waals surface area contributed by atoms with Gasteiger partial charge in [0.15, 0.2) is 0 Å². The molecular weight excluding hydrogens is 320 g/mol. The van der Waals surface area contributed by atoms with Gasteiger partial charge in [-0.2, -0.15) is 0 Å². The molecule has 0 fully saturated rings. The Hall–Kier alpha value is -3.35. The van der Waals surface area contributed by atoms with Gasteiger partial charge < -0.3 is 20.4 Å². The highest BCUT2D eigenvalue weighted by atomic mass is 16.5. The summed E-state index contributed by atoms with van der Waals surface area (Å²) in [7, 11) is 0. The van der Waals surface area contributed by atoms with E-state index in [1.165, 1.54) is 0 Å². The maximum Gasteiger partial charge on any atom is 0.325 e. The van der Waals surface area contributed by atoms with Gasteiger partial charge in [0.25, 0.3) is 0 Å². The molecule has 3 aromatic rings. The number of amides is 2. The van der Waals surface area contributed by atoms with Gasteiger partial charge in [0.1, 0.15) is 6.54 Å². The molecule has 3 rings (SSSR count). The van der Waals surface area contributed by atoms with Gasteiger partial charge in [-0.05, 0) is 25.1 Å². The van der Waals surface area contributed by atoms with Crippen molar-refractivity contribution in [3.05, 3.63) is 48.8 Å². The topological polar surface area (TPSA) is 96.1 Å². The number of pyridine rings is 1. The summed E-state index contributed by atoms with van der Waals surface area (Å²) in [6.45, 7) is 1.80. The minimum atomic E-state index is -0.483. The summed E-state index contributed by atoms with van der Waals surface area (Å²) in [5.74, 6) is -0.482. The highest BCUT2D eigenvalue weighted by Crippen LogP contribution is 2.34. The second-order valence-corrected chi connectivity index (χ2v) is 5.27. The summed E-state index contributed by atoms with van der Waals surface area (Å²) in [4.78, 5) is 31.0. The van der Waals surface area contributed by atoms with Crippen LogP contribution in [0.2, 0.25) is 0 Å². The number of aromatic amines is 1. The third kappa shape index (κ3) is 3.77. The van der Waals surface area contributed by atoms with Crippen molar-refractivity contribution >= 4 is 28.6 Å². The summed E-state index contributed by atoms with van der Waals surface area (Å²) in [5.41, 5.74) is 3.12. The lowest BCUT2D eigenvalue weighted by Gasteiger charge is -2.09. The van der Waals surface area contributed by atoms with E-state index in [4.69, 9.17) is 4.74 Å². The Kier molecular flexibility index (Phi) is 4.94. The molecule has 7 heteroatoms. The van der Waals surface area contributed by atoms with Crippen molar-refractivity contribution < 1.29 is 14.3 Å². The first kappa shape index (κ1) is 16.5. The average molecular weight is 338 g/mol. The molecule has 2 aromatic heterocycles. The number of benzene rings is 1. The van der Waals surface area contributed by atoms with Gasteiger partial charge in [-0.3, -0.25) is 9.78 Å². The molecule has 0 aliphatic rings. The molecule has 0 atom stereocenters. The van der Waals surface area contributed by atoms with E-state index < -0.39 is 12.0 Å². The smallest absolute Gasteiger partial charge is 0.325 e. The van der Waals surface area contributed by atoms with Crippen molar-refractivity contribution in [3.8, 4) is 11.3 Å². The Labute approximate surface area is 144 Å². The van der Waals surface area contributed by atoms with Crippen LogP contribution in [-0.4, -0.2) is 35.1 Å². The largest absolute Gasteiger partial charge is 0.465 e. The maximum absolute atomic E-state index is 12.2. The van der Waals surface area contributed by atoms with Crippen molar-refractivity contribution in [1.82, 2.24) is 15.3 Å². The lowest BCUT2D eigenvalue weighted by atomic mass is 10.1. The number of rotatable bonds is 5. The van der Waals surface area contributed by atoms with Crippen LogP contribution in [0, 0.1) is 0 Å². The Morgan fingerprint density at radius 1 is 1.20 bits per heavy atom. The number of H-pyrrole nitrogens is 1. The molecule has 0 unspecified atom stereocenters. The van der Waals surface area contributed by atoms with E-state index in [0.717, 1.165) is 22.2 Å². The lowest BCUT2D eigenvalue weighted by Crippen LogP contribution is -2.34. The zero-order chi connectivity index (χ0) is 17.6. The number of fused-ring (bicyclic) bond motifs is 1. The number of para-hydroxylation sites is 1. The zero-order valence-electron chi connectivity index (χ0n) is 13.7. The maximum atomic E-state index is 12.2. The van der Waals surface area contributed by atoms with Crippen LogP contribution in [-0.2, 0) is 9.53 Å². The standard InChI is InChI=1S/C18H18N4O3/c1-2-25-15(23)11-20-18(24)22-17-13-7-3-4-8-14(13)21-16(17)12-6-5-9-19-10-12/h3-10,21H,2,11H2,1H3,(H2,20,22,24). The first-order valence-electron chi connectivity index (χ1n) is 7.90. The van der Waals surface area contributed by atoms with Crippen molar-refractivity contribution in [2.75, 3.05) is 18.5 Å². The van der Waals surface area contributed by atoms with Crippen molar-refractivity contribution in [2.45, 2.75) is 6.92 Å². The summed E-state index contributed by atoms with van der Waals surface area (Å²) >= 11 is 0. The molecule has 128 valence electrons. The molecule has 0 saturated carbocycles. The summed E-state index contributed by atoms with van der Waals surface area (Å²) < 4.78 is 4.79. The molecule has 3 N–H and O–H groups in total. The Bertz CT molecular complexity index is 890. The van der Waals surface area contributed by atoms with Crippen LogP contribution in [0.1, 0.15) is 6.92 Å². The molecule has 25 heavy (non-hydrogen) atoms. The number of urea groups is 1. The minimum absolute atomic E-state index is 0.190. The first-order chi connectivity index (χ1) is 12.2. The highest BCUT2D eigenvalue weighted by molar-refractivity contribution is 6.07. The zero-order valence-corrected chi connectivity index (χ0v) is 13.7. The van der Waals surface area contributed by atoms with E-state index in [1.807, 2.05) is 36.4 Å². The number of carbonyl (C=O) groups is 2. The number of esters is 1. The molecule has 1 aromatic carbocycles. The minimum Gasteiger partial charge on any atom is -0.465 e. The lowest BCUT2D eigenvalue weighted by molar-refractivity contribution is -0.141. The second-order valence-electron chi connectivity index (χ2n) is 5.27. The highest BCUT2D eigenvalue weighted by Gasteiger charge is 2.16. The fraction of sp³-hybridized carbons (Fsp3) is 0.167. The molecule has 0 aliphatic heterocycles. The fourth-order valence-electron chi connectivity index (χ4n) is 2.52. The normalized spacial score (nSPS) is 10.4. The quantitative estimate of drug-likeness (QED) is 0.623. The third-order valence-electron chi connectivity index (χ3n) is 3.59. The number of carbonyl (C=O) groups excluding carboxylic acids is 2. The van der Waals surface area contributed by atoms with Gasteiger partial charge in [0.05, 0.1) is 18.0 Å². The van der Waals surface area contributed by atoms with Crippen LogP contribution >= 0.6 is 0 Å². The second kappa shape index (κ2) is 7.48. The van der Waals surface area contributed by atoms with Crippen LogP contribution in [0.15, 0.2) is 48.8 Å². The van der Waals surface area contributed by atoms with E-state index in [0.29, 0.717) is 5.69 Å². The van der Waals surface area contributed by atoms with Crippen LogP contribution in [0.25, 0.3) is 22.2 Å². The fourth-order valence-corrected chi connectivity index (χ4v) is 2.52. The third-order valence-corrected chi connectivity index (χ3v) is 3.59. The number of hydrogen-bond donors (Lipinski definition) is 3. The predicted octanol–water partition coefficient (Wildman–Crippen LogP) is 2.91. The molecule has 0 saturated heterocycles. The average Bonchev–Trinajstić information content (AvgIpc) is 3.00. The van der Waals surface area contributed by atoms with Crippen molar-refractivity contribution in [2.24, 2.45) is 0 Å². The molecule has 2 amide bonds. The van der Waals surface area contributed by atoms with E-state index in [2.05, 4.69) is 20.6 Å². The number of nitrogens with one attached hydrogen (secondary N) is 3. The number of ether oxygens (including phenoxy) is 1. The van der Waals surface area contributed by atoms with E-state index in [-0.39, 0.29) is 13.2 Å². The van der Waals surface area contributed by atoms with Crippen molar-refractivity contribution in [3.63, 3.8) is 0 Å². The van der Waals surface area contributed by atoms with Gasteiger partial charge in [0.2, 0.25) is 0 Å². The number of aromatic nitrogens is 2. The number of anilines is 1. The SMILES string of the molecule is CCOC(=O)CNC(=O)Nc1c(-c2cccnc2)[nH]c2ccccc12.